The Morgan fingerprint density at radius 3 is 2.73 bits per heavy atom. The van der Waals surface area contributed by atoms with Crippen LogP contribution in [0.4, 0.5) is 10.5 Å². The van der Waals surface area contributed by atoms with Crippen LogP contribution in [0.25, 0.3) is 10.9 Å². The topological polar surface area (TPSA) is 93.2 Å². The van der Waals surface area contributed by atoms with E-state index in [9.17, 15) is 15.3 Å². The Labute approximate surface area is 188 Å². The minimum atomic E-state index is -0.623. The Kier molecular flexibility index (Phi) is 6.40. The summed E-state index contributed by atoms with van der Waals surface area (Å²) in [5.74, 6) is 0. The van der Waals surface area contributed by atoms with Crippen LogP contribution in [0.3, 0.4) is 0 Å². The fourth-order valence-corrected chi connectivity index (χ4v) is 4.09. The summed E-state index contributed by atoms with van der Waals surface area (Å²) in [5.41, 5.74) is 0.996. The molecule has 1 saturated heterocycles. The van der Waals surface area contributed by atoms with Gasteiger partial charge >= 0.3 is 6.09 Å². The third-order valence-corrected chi connectivity index (χ3v) is 5.51. The SMILES string of the molecule is CC(C)(C)OC(=O)N1CCN(c2c(C#N)c(Cl)nc3cc(Br)ccc23)C[C@@H]1CC#N. The zero-order valence-electron chi connectivity index (χ0n) is 16.9. The number of rotatable bonds is 2. The Morgan fingerprint density at radius 1 is 1.37 bits per heavy atom. The number of nitrogens with zero attached hydrogens (tertiary/aromatic N) is 5. The lowest BCUT2D eigenvalue weighted by atomic mass is 10.0. The molecular formula is C21H21BrClN5O2. The van der Waals surface area contributed by atoms with Crippen molar-refractivity contribution in [1.82, 2.24) is 9.88 Å². The van der Waals surface area contributed by atoms with E-state index in [-0.39, 0.29) is 23.2 Å². The number of anilines is 1. The summed E-state index contributed by atoms with van der Waals surface area (Å²) in [7, 11) is 0. The van der Waals surface area contributed by atoms with Crippen molar-refractivity contribution in [1.29, 1.82) is 10.5 Å². The van der Waals surface area contributed by atoms with E-state index in [0.29, 0.717) is 30.8 Å². The van der Waals surface area contributed by atoms with Gasteiger partial charge in [-0.25, -0.2) is 9.78 Å². The predicted octanol–water partition coefficient (Wildman–Crippen LogP) is 4.86. The second kappa shape index (κ2) is 8.67. The fraction of sp³-hybridized carbons (Fsp3) is 0.429. The van der Waals surface area contributed by atoms with E-state index in [1.807, 2.05) is 43.9 Å². The standard InChI is InChI=1S/C21H21BrClN5O2/c1-21(2,3)30-20(29)28-9-8-27(12-14(28)6-7-24)18-15-5-4-13(22)10-17(15)26-19(23)16(18)11-25/h4-5,10,14H,6,8-9,12H2,1-3H3/t14-/m0/s1. The number of halogens is 2. The largest absolute Gasteiger partial charge is 0.444 e. The van der Waals surface area contributed by atoms with E-state index < -0.39 is 11.7 Å². The normalized spacial score (nSPS) is 16.8. The van der Waals surface area contributed by atoms with Gasteiger partial charge in [-0.2, -0.15) is 10.5 Å². The van der Waals surface area contributed by atoms with Crippen molar-refractivity contribution < 1.29 is 9.53 Å². The van der Waals surface area contributed by atoms with Crippen LogP contribution < -0.4 is 4.90 Å². The summed E-state index contributed by atoms with van der Waals surface area (Å²) in [5, 5.41) is 20.0. The second-order valence-corrected chi connectivity index (χ2v) is 9.31. The van der Waals surface area contributed by atoms with Gasteiger partial charge in [-0.1, -0.05) is 27.5 Å². The third-order valence-electron chi connectivity index (χ3n) is 4.74. The van der Waals surface area contributed by atoms with Crippen molar-refractivity contribution in [3.8, 4) is 12.1 Å². The lowest BCUT2D eigenvalue weighted by Gasteiger charge is -2.42. The molecule has 1 aliphatic heterocycles. The van der Waals surface area contributed by atoms with E-state index in [1.165, 1.54) is 0 Å². The highest BCUT2D eigenvalue weighted by Crippen LogP contribution is 2.36. The highest BCUT2D eigenvalue weighted by molar-refractivity contribution is 9.10. The Hall–Kier alpha value is -2.55. The molecule has 1 aromatic carbocycles. The monoisotopic (exact) mass is 489 g/mol. The first-order valence-electron chi connectivity index (χ1n) is 9.45. The smallest absolute Gasteiger partial charge is 0.410 e. The lowest BCUT2D eigenvalue weighted by molar-refractivity contribution is 0.0145. The number of aromatic nitrogens is 1. The van der Waals surface area contributed by atoms with E-state index in [4.69, 9.17) is 16.3 Å². The molecule has 2 heterocycles. The summed E-state index contributed by atoms with van der Waals surface area (Å²) < 4.78 is 6.37. The first kappa shape index (κ1) is 22.1. The molecule has 1 aliphatic rings. The molecular weight excluding hydrogens is 470 g/mol. The van der Waals surface area contributed by atoms with Crippen LogP contribution in [0.15, 0.2) is 22.7 Å². The number of carbonyl (C=O) groups excluding carboxylic acids is 1. The van der Waals surface area contributed by atoms with Crippen LogP contribution in [0.1, 0.15) is 32.8 Å². The summed E-state index contributed by atoms with van der Waals surface area (Å²) in [6, 6.07) is 9.56. The van der Waals surface area contributed by atoms with Crippen LogP contribution in [0.5, 0.6) is 0 Å². The number of benzene rings is 1. The quantitative estimate of drug-likeness (QED) is 0.558. The fourth-order valence-electron chi connectivity index (χ4n) is 3.52. The maximum Gasteiger partial charge on any atom is 0.410 e. The number of pyridine rings is 1. The number of amides is 1. The van der Waals surface area contributed by atoms with Gasteiger partial charge in [0.05, 0.1) is 29.7 Å². The van der Waals surface area contributed by atoms with Crippen LogP contribution >= 0.6 is 27.5 Å². The predicted molar refractivity (Wildman–Crippen MR) is 118 cm³/mol. The Morgan fingerprint density at radius 2 is 2.10 bits per heavy atom. The molecule has 0 bridgehead atoms. The molecule has 1 atom stereocenters. The van der Waals surface area contributed by atoms with E-state index in [2.05, 4.69) is 33.1 Å². The minimum absolute atomic E-state index is 0.129. The van der Waals surface area contributed by atoms with Gasteiger partial charge in [0, 0.05) is 29.5 Å². The Bertz CT molecular complexity index is 1070. The zero-order chi connectivity index (χ0) is 22.1. The number of fused-ring (bicyclic) bond motifs is 1. The van der Waals surface area contributed by atoms with E-state index >= 15 is 0 Å². The molecule has 9 heteroatoms. The molecule has 30 heavy (non-hydrogen) atoms. The van der Waals surface area contributed by atoms with Gasteiger partial charge in [0.25, 0.3) is 0 Å². The van der Waals surface area contributed by atoms with Crippen molar-refractivity contribution in [2.24, 2.45) is 0 Å². The zero-order valence-corrected chi connectivity index (χ0v) is 19.3. The van der Waals surface area contributed by atoms with Crippen molar-refractivity contribution in [3.63, 3.8) is 0 Å². The number of carbonyl (C=O) groups is 1. The van der Waals surface area contributed by atoms with Crippen LogP contribution in [-0.2, 0) is 4.74 Å². The molecule has 7 nitrogen and oxygen atoms in total. The van der Waals surface area contributed by atoms with Gasteiger partial charge in [0.15, 0.2) is 0 Å². The average molecular weight is 491 g/mol. The van der Waals surface area contributed by atoms with Gasteiger partial charge in [-0.05, 0) is 39.0 Å². The maximum absolute atomic E-state index is 12.7. The number of hydrogen-bond acceptors (Lipinski definition) is 6. The summed E-state index contributed by atoms with van der Waals surface area (Å²) in [6.07, 6.45) is -0.288. The van der Waals surface area contributed by atoms with Gasteiger partial charge in [0.1, 0.15) is 22.4 Å². The number of piperazine rings is 1. The first-order chi connectivity index (χ1) is 14.1. The molecule has 0 aliphatic carbocycles. The van der Waals surface area contributed by atoms with Crippen LogP contribution in [-0.4, -0.2) is 47.3 Å². The number of ether oxygens (including phenoxy) is 1. The summed E-state index contributed by atoms with van der Waals surface area (Å²) >= 11 is 9.75. The molecule has 3 rings (SSSR count). The maximum atomic E-state index is 12.7. The van der Waals surface area contributed by atoms with E-state index in [1.54, 1.807) is 4.90 Å². The number of nitriles is 2. The molecule has 0 spiro atoms. The summed E-state index contributed by atoms with van der Waals surface area (Å²) in [4.78, 5) is 20.6. The Balaban J connectivity index is 2.00. The summed E-state index contributed by atoms with van der Waals surface area (Å²) in [6.45, 7) is 6.65. The van der Waals surface area contributed by atoms with Crippen molar-refractivity contribution in [2.75, 3.05) is 24.5 Å². The molecule has 0 N–H and O–H groups in total. The van der Waals surface area contributed by atoms with E-state index in [0.717, 1.165) is 9.86 Å². The molecule has 2 aromatic rings. The van der Waals surface area contributed by atoms with Gasteiger partial charge in [-0.3, -0.25) is 0 Å². The first-order valence-corrected chi connectivity index (χ1v) is 10.6. The van der Waals surface area contributed by atoms with Gasteiger partial charge in [-0.15, -0.1) is 0 Å². The van der Waals surface area contributed by atoms with Crippen molar-refractivity contribution in [2.45, 2.75) is 38.8 Å². The molecule has 0 unspecified atom stereocenters. The molecule has 1 fully saturated rings. The molecule has 0 saturated carbocycles. The number of hydrogen-bond donors (Lipinski definition) is 0. The lowest BCUT2D eigenvalue weighted by Crippen LogP contribution is -2.56. The van der Waals surface area contributed by atoms with Crippen LogP contribution in [0, 0.1) is 22.7 Å². The van der Waals surface area contributed by atoms with Crippen LogP contribution in [0.2, 0.25) is 5.15 Å². The highest BCUT2D eigenvalue weighted by atomic mass is 79.9. The van der Waals surface area contributed by atoms with Crippen molar-refractivity contribution >= 4 is 50.2 Å². The van der Waals surface area contributed by atoms with Crippen molar-refractivity contribution in [3.05, 3.63) is 33.4 Å². The molecule has 1 amide bonds. The third kappa shape index (κ3) is 4.61. The van der Waals surface area contributed by atoms with Gasteiger partial charge in [0.2, 0.25) is 0 Å². The molecule has 156 valence electrons. The minimum Gasteiger partial charge on any atom is -0.444 e. The second-order valence-electron chi connectivity index (χ2n) is 8.04. The highest BCUT2D eigenvalue weighted by Gasteiger charge is 2.35. The molecule has 0 radical (unpaired) electrons. The van der Waals surface area contributed by atoms with Gasteiger partial charge < -0.3 is 14.5 Å². The average Bonchev–Trinajstić information content (AvgIpc) is 2.65. The molecule has 1 aromatic heterocycles.